The molecule has 0 aromatic heterocycles. The van der Waals surface area contributed by atoms with Gasteiger partial charge in [0.1, 0.15) is 0 Å². The SMILES string of the molecule is COc1c(Cl)c(C(=O)c2c(C)cc(P=O)c(C)c2C(=O)c2c(Cl)c(OC)c(OC)c(OC)c2Cl)c(Cl)c(OC)c1OC. The topological polar surface area (TPSA) is 107 Å². The third-order valence-corrected chi connectivity index (χ3v) is 8.59. The van der Waals surface area contributed by atoms with E-state index in [1.54, 1.807) is 6.92 Å². The van der Waals surface area contributed by atoms with Gasteiger partial charge in [0.25, 0.3) is 0 Å². The summed E-state index contributed by atoms with van der Waals surface area (Å²) >= 11 is 26.6. The first kappa shape index (κ1) is 33.6. The molecule has 0 amide bonds. The van der Waals surface area contributed by atoms with Crippen LogP contribution in [-0.4, -0.2) is 54.2 Å². The zero-order valence-corrected chi connectivity index (χ0v) is 27.6. The van der Waals surface area contributed by atoms with Gasteiger partial charge in [-0.2, -0.15) is 0 Å². The predicted molar refractivity (Wildman–Crippen MR) is 162 cm³/mol. The molecule has 0 spiro atoms. The number of hydrogen-bond acceptors (Lipinski definition) is 9. The third kappa shape index (κ3) is 5.33. The van der Waals surface area contributed by atoms with Crippen molar-refractivity contribution in [2.24, 2.45) is 0 Å². The van der Waals surface area contributed by atoms with E-state index >= 15 is 0 Å². The Kier molecular flexibility index (Phi) is 10.8. The molecular formula is C28H25Cl4O9P. The average Bonchev–Trinajstić information content (AvgIpc) is 2.96. The monoisotopic (exact) mass is 676 g/mol. The Morgan fingerprint density at radius 1 is 0.548 bits per heavy atom. The Hall–Kier alpha value is -2.94. The fraction of sp³-hybridized carbons (Fsp3) is 0.286. The highest BCUT2D eigenvalue weighted by Crippen LogP contribution is 2.52. The molecule has 0 radical (unpaired) electrons. The number of carbonyl (C=O) groups is 2. The lowest BCUT2D eigenvalue weighted by Crippen LogP contribution is -2.21. The van der Waals surface area contributed by atoms with Gasteiger partial charge >= 0.3 is 0 Å². The maximum absolute atomic E-state index is 14.4. The van der Waals surface area contributed by atoms with Gasteiger partial charge in [0, 0.05) is 16.4 Å². The molecule has 14 heteroatoms. The van der Waals surface area contributed by atoms with Crippen molar-refractivity contribution in [1.82, 2.24) is 0 Å². The molecule has 3 aromatic rings. The Morgan fingerprint density at radius 3 is 1.14 bits per heavy atom. The van der Waals surface area contributed by atoms with E-state index in [-0.39, 0.29) is 93.3 Å². The number of carbonyl (C=O) groups excluding carboxylic acids is 2. The molecule has 224 valence electrons. The summed E-state index contributed by atoms with van der Waals surface area (Å²) in [5, 5.41) is -0.524. The predicted octanol–water partition coefficient (Wildman–Crippen LogP) is 7.35. The molecular weight excluding hydrogens is 653 g/mol. The average molecular weight is 678 g/mol. The molecule has 0 atom stereocenters. The second-order valence-electron chi connectivity index (χ2n) is 8.54. The molecule has 42 heavy (non-hydrogen) atoms. The van der Waals surface area contributed by atoms with E-state index in [0.29, 0.717) is 0 Å². The van der Waals surface area contributed by atoms with Crippen LogP contribution < -0.4 is 33.7 Å². The Bertz CT molecular complexity index is 1560. The van der Waals surface area contributed by atoms with Gasteiger partial charge in [0.15, 0.2) is 43.0 Å². The van der Waals surface area contributed by atoms with Crippen molar-refractivity contribution in [3.63, 3.8) is 0 Å². The Morgan fingerprint density at radius 2 is 0.857 bits per heavy atom. The number of methoxy groups -OCH3 is 6. The summed E-state index contributed by atoms with van der Waals surface area (Å²) in [4.78, 5) is 28.8. The second kappa shape index (κ2) is 13.6. The van der Waals surface area contributed by atoms with Crippen LogP contribution in [0.1, 0.15) is 43.0 Å². The van der Waals surface area contributed by atoms with Gasteiger partial charge in [-0.1, -0.05) is 46.4 Å². The van der Waals surface area contributed by atoms with E-state index in [1.165, 1.54) is 55.6 Å². The lowest BCUT2D eigenvalue weighted by Gasteiger charge is -2.22. The number of rotatable bonds is 11. The van der Waals surface area contributed by atoms with Crippen LogP contribution in [0, 0.1) is 13.8 Å². The van der Waals surface area contributed by atoms with Gasteiger partial charge in [-0.3, -0.25) is 14.2 Å². The van der Waals surface area contributed by atoms with Crippen LogP contribution in [0.25, 0.3) is 0 Å². The minimum absolute atomic E-state index is 0.0172. The normalized spacial score (nSPS) is 10.9. The van der Waals surface area contributed by atoms with E-state index < -0.39 is 20.0 Å². The van der Waals surface area contributed by atoms with Crippen molar-refractivity contribution in [2.45, 2.75) is 13.8 Å². The zero-order valence-electron chi connectivity index (χ0n) is 23.7. The highest BCUT2D eigenvalue weighted by Gasteiger charge is 2.36. The highest BCUT2D eigenvalue weighted by molar-refractivity contribution is 7.34. The maximum Gasteiger partial charge on any atom is 0.206 e. The van der Waals surface area contributed by atoms with Gasteiger partial charge in [0.05, 0.1) is 73.9 Å². The number of ether oxygens (including phenoxy) is 6. The molecule has 0 saturated heterocycles. The summed E-state index contributed by atoms with van der Waals surface area (Å²) in [5.41, 5.74) is -0.231. The molecule has 0 N–H and O–H groups in total. The summed E-state index contributed by atoms with van der Waals surface area (Å²) in [6.07, 6.45) is 0. The fourth-order valence-electron chi connectivity index (χ4n) is 4.57. The molecule has 0 heterocycles. The van der Waals surface area contributed by atoms with Crippen LogP contribution >= 0.6 is 54.9 Å². The van der Waals surface area contributed by atoms with Gasteiger partial charge < -0.3 is 28.4 Å². The second-order valence-corrected chi connectivity index (χ2v) is 10.7. The lowest BCUT2D eigenvalue weighted by molar-refractivity contribution is 0.100. The molecule has 0 aliphatic rings. The van der Waals surface area contributed by atoms with Crippen molar-refractivity contribution in [1.29, 1.82) is 0 Å². The molecule has 0 saturated carbocycles. The van der Waals surface area contributed by atoms with Crippen molar-refractivity contribution in [2.75, 3.05) is 42.7 Å². The van der Waals surface area contributed by atoms with Crippen molar-refractivity contribution in [3.05, 3.63) is 59.5 Å². The summed E-state index contributed by atoms with van der Waals surface area (Å²) in [5.74, 6) is -1.53. The molecule has 3 aromatic carbocycles. The lowest BCUT2D eigenvalue weighted by atomic mass is 9.86. The molecule has 3 rings (SSSR count). The summed E-state index contributed by atoms with van der Waals surface area (Å²) in [6.45, 7) is 3.10. The minimum atomic E-state index is -0.793. The van der Waals surface area contributed by atoms with Gasteiger partial charge in [0.2, 0.25) is 11.5 Å². The van der Waals surface area contributed by atoms with E-state index in [1.807, 2.05) is 0 Å². The molecule has 0 unspecified atom stereocenters. The quantitative estimate of drug-likeness (QED) is 0.152. The van der Waals surface area contributed by atoms with Crippen LogP contribution in [0.4, 0.5) is 0 Å². The summed E-state index contributed by atoms with van der Waals surface area (Å²) in [6, 6.07) is 1.51. The van der Waals surface area contributed by atoms with Gasteiger partial charge in [-0.25, -0.2) is 0 Å². The number of benzene rings is 3. The number of halogens is 4. The van der Waals surface area contributed by atoms with E-state index in [9.17, 15) is 14.2 Å². The van der Waals surface area contributed by atoms with E-state index in [4.69, 9.17) is 74.8 Å². The van der Waals surface area contributed by atoms with E-state index in [0.717, 1.165) is 0 Å². The standard InChI is InChI=1S/C28H25Cl4O9P/c1-10-9-12(42-35)11(2)14(22(34)16-19(31)25(38-5)28(41-8)26(39-6)20(16)32)13(10)21(33)15-17(29)23(36-3)27(40-7)24(37-4)18(15)30/h9H,1-8H3. The molecule has 9 nitrogen and oxygen atoms in total. The first-order chi connectivity index (χ1) is 19.9. The largest absolute Gasteiger partial charge is 0.491 e. The number of hydrogen-bond donors (Lipinski definition) is 0. The maximum atomic E-state index is 14.4. The highest BCUT2D eigenvalue weighted by atomic mass is 35.5. The van der Waals surface area contributed by atoms with Crippen molar-refractivity contribution >= 4 is 71.7 Å². The number of ketones is 2. The van der Waals surface area contributed by atoms with Crippen LogP contribution in [0.15, 0.2) is 6.07 Å². The first-order valence-electron chi connectivity index (χ1n) is 11.8. The van der Waals surface area contributed by atoms with Crippen molar-refractivity contribution < 1.29 is 42.6 Å². The van der Waals surface area contributed by atoms with Gasteiger partial charge in [-0.15, -0.1) is 0 Å². The third-order valence-electron chi connectivity index (χ3n) is 6.49. The Labute approximate surface area is 264 Å². The van der Waals surface area contributed by atoms with Gasteiger partial charge in [-0.05, 0) is 31.0 Å². The van der Waals surface area contributed by atoms with E-state index in [2.05, 4.69) is 0 Å². The first-order valence-corrected chi connectivity index (χ1v) is 14.1. The fourth-order valence-corrected chi connectivity index (χ4v) is 6.53. The number of aryl methyl sites for hydroxylation is 1. The Balaban J connectivity index is 2.51. The smallest absolute Gasteiger partial charge is 0.206 e. The molecule has 0 aliphatic carbocycles. The van der Waals surface area contributed by atoms with Crippen LogP contribution in [-0.2, 0) is 4.57 Å². The van der Waals surface area contributed by atoms with Crippen LogP contribution in [0.3, 0.4) is 0 Å². The van der Waals surface area contributed by atoms with Crippen LogP contribution in [0.5, 0.6) is 34.5 Å². The summed E-state index contributed by atoms with van der Waals surface area (Å²) in [7, 11) is 7.59. The molecule has 0 aliphatic heterocycles. The van der Waals surface area contributed by atoms with Crippen LogP contribution in [0.2, 0.25) is 20.1 Å². The minimum Gasteiger partial charge on any atom is -0.491 e. The zero-order chi connectivity index (χ0) is 31.6. The summed E-state index contributed by atoms with van der Waals surface area (Å²) < 4.78 is 44.4. The van der Waals surface area contributed by atoms with Crippen molar-refractivity contribution in [3.8, 4) is 34.5 Å². The molecule has 0 fully saturated rings. The molecule has 0 bridgehead atoms.